The van der Waals surface area contributed by atoms with E-state index in [1.165, 1.54) is 25.7 Å². The highest BCUT2D eigenvalue weighted by atomic mass is 35.5. The summed E-state index contributed by atoms with van der Waals surface area (Å²) in [6.07, 6.45) is 11.1. The molecular formula is C29H42Cl2F2N2O. The molecule has 0 amide bonds. The Labute approximate surface area is 226 Å². The van der Waals surface area contributed by atoms with Gasteiger partial charge in [-0.05, 0) is 49.9 Å². The van der Waals surface area contributed by atoms with Crippen LogP contribution in [0.4, 0.5) is 8.78 Å². The van der Waals surface area contributed by atoms with Crippen molar-refractivity contribution in [2.24, 2.45) is 0 Å². The summed E-state index contributed by atoms with van der Waals surface area (Å²) < 4.78 is 34.0. The van der Waals surface area contributed by atoms with E-state index in [4.69, 9.17) is 27.9 Å². The molecule has 0 aliphatic heterocycles. The van der Waals surface area contributed by atoms with Crippen LogP contribution in [-0.2, 0) is 6.42 Å². The summed E-state index contributed by atoms with van der Waals surface area (Å²) in [4.78, 5) is 8.76. The first-order chi connectivity index (χ1) is 17.4. The predicted molar refractivity (Wildman–Crippen MR) is 148 cm³/mol. The first-order valence-electron chi connectivity index (χ1n) is 13.7. The second-order valence-electron chi connectivity index (χ2n) is 9.58. The van der Waals surface area contributed by atoms with E-state index in [0.29, 0.717) is 42.8 Å². The molecule has 0 radical (unpaired) electrons. The number of rotatable bonds is 19. The Balaban J connectivity index is 1.81. The normalized spacial score (nSPS) is 13.1. The van der Waals surface area contributed by atoms with Crippen LogP contribution in [0.15, 0.2) is 24.3 Å². The SMILES string of the molecule is CCCCCCCC[C@H](F)COc1ccc(-c2nc(Cl)c(CC[C@@H](F)CCCCCC)c(Cl)n2)cc1. The zero-order chi connectivity index (χ0) is 26.2. The van der Waals surface area contributed by atoms with Crippen LogP contribution in [0.3, 0.4) is 0 Å². The fraction of sp³-hybridized carbons (Fsp3) is 0.655. The van der Waals surface area contributed by atoms with E-state index in [-0.39, 0.29) is 16.9 Å². The van der Waals surface area contributed by atoms with E-state index < -0.39 is 12.3 Å². The minimum Gasteiger partial charge on any atom is -0.491 e. The highest BCUT2D eigenvalue weighted by Crippen LogP contribution is 2.29. The minimum absolute atomic E-state index is 0.0470. The van der Waals surface area contributed by atoms with Gasteiger partial charge in [0.25, 0.3) is 0 Å². The third-order valence-corrected chi connectivity index (χ3v) is 7.02. The van der Waals surface area contributed by atoms with Crippen molar-refractivity contribution in [3.63, 3.8) is 0 Å². The Morgan fingerprint density at radius 3 is 1.86 bits per heavy atom. The lowest BCUT2D eigenvalue weighted by molar-refractivity contribution is 0.184. The zero-order valence-corrected chi connectivity index (χ0v) is 23.4. The van der Waals surface area contributed by atoms with Crippen molar-refractivity contribution in [3.8, 4) is 17.1 Å². The third kappa shape index (κ3) is 11.7. The van der Waals surface area contributed by atoms with Crippen LogP contribution in [0.1, 0.15) is 103 Å². The molecule has 1 heterocycles. The van der Waals surface area contributed by atoms with Gasteiger partial charge in [0.15, 0.2) is 5.82 Å². The van der Waals surface area contributed by atoms with Crippen molar-refractivity contribution in [2.75, 3.05) is 6.61 Å². The van der Waals surface area contributed by atoms with Crippen molar-refractivity contribution < 1.29 is 13.5 Å². The van der Waals surface area contributed by atoms with E-state index >= 15 is 0 Å². The Hall–Kier alpha value is -1.46. The van der Waals surface area contributed by atoms with E-state index in [2.05, 4.69) is 23.8 Å². The maximum Gasteiger partial charge on any atom is 0.162 e. The molecule has 0 fully saturated rings. The number of benzene rings is 1. The van der Waals surface area contributed by atoms with Crippen LogP contribution in [0, 0.1) is 0 Å². The smallest absolute Gasteiger partial charge is 0.162 e. The summed E-state index contributed by atoms with van der Waals surface area (Å²) in [6.45, 7) is 4.38. The van der Waals surface area contributed by atoms with Gasteiger partial charge in [0.1, 0.15) is 35.0 Å². The van der Waals surface area contributed by atoms with Gasteiger partial charge in [0.2, 0.25) is 0 Å². The Morgan fingerprint density at radius 2 is 1.25 bits per heavy atom. The van der Waals surface area contributed by atoms with Gasteiger partial charge in [-0.1, -0.05) is 101 Å². The van der Waals surface area contributed by atoms with Gasteiger partial charge in [-0.3, -0.25) is 0 Å². The number of aromatic nitrogens is 2. The quantitative estimate of drug-likeness (QED) is 0.131. The van der Waals surface area contributed by atoms with Gasteiger partial charge in [0.05, 0.1) is 0 Å². The van der Waals surface area contributed by atoms with Gasteiger partial charge in [-0.2, -0.15) is 0 Å². The Kier molecular flexibility index (Phi) is 15.3. The molecule has 0 unspecified atom stereocenters. The van der Waals surface area contributed by atoms with E-state index in [0.717, 1.165) is 44.1 Å². The van der Waals surface area contributed by atoms with Crippen LogP contribution < -0.4 is 4.74 Å². The molecule has 2 atom stereocenters. The molecule has 7 heteroatoms. The van der Waals surface area contributed by atoms with Crippen molar-refractivity contribution in [1.29, 1.82) is 0 Å². The zero-order valence-electron chi connectivity index (χ0n) is 21.9. The van der Waals surface area contributed by atoms with Crippen LogP contribution in [0.25, 0.3) is 11.4 Å². The van der Waals surface area contributed by atoms with Gasteiger partial charge < -0.3 is 4.74 Å². The summed E-state index contributed by atoms with van der Waals surface area (Å²) in [6, 6.07) is 7.12. The molecule has 36 heavy (non-hydrogen) atoms. The van der Waals surface area contributed by atoms with Crippen LogP contribution in [0.5, 0.6) is 5.75 Å². The summed E-state index contributed by atoms with van der Waals surface area (Å²) in [7, 11) is 0. The minimum atomic E-state index is -0.968. The number of ether oxygens (including phenoxy) is 1. The second-order valence-corrected chi connectivity index (χ2v) is 10.3. The molecule has 2 rings (SSSR count). The van der Waals surface area contributed by atoms with Crippen LogP contribution in [-0.4, -0.2) is 28.9 Å². The van der Waals surface area contributed by atoms with Gasteiger partial charge >= 0.3 is 0 Å². The average molecular weight is 544 g/mol. The van der Waals surface area contributed by atoms with Gasteiger partial charge in [-0.15, -0.1) is 0 Å². The van der Waals surface area contributed by atoms with Gasteiger partial charge in [0, 0.05) is 11.1 Å². The summed E-state index contributed by atoms with van der Waals surface area (Å²) in [5.74, 6) is 0.981. The van der Waals surface area contributed by atoms with Crippen LogP contribution >= 0.6 is 23.2 Å². The molecule has 2 aromatic rings. The van der Waals surface area contributed by atoms with E-state index in [1.807, 2.05) is 0 Å². The molecule has 0 saturated heterocycles. The lowest BCUT2D eigenvalue weighted by Crippen LogP contribution is -2.12. The molecule has 0 saturated carbocycles. The number of unbranched alkanes of at least 4 members (excludes halogenated alkanes) is 8. The number of hydrogen-bond donors (Lipinski definition) is 0. The maximum atomic E-state index is 14.2. The third-order valence-electron chi connectivity index (χ3n) is 6.40. The average Bonchev–Trinajstić information content (AvgIpc) is 2.87. The highest BCUT2D eigenvalue weighted by molar-refractivity contribution is 6.34. The number of hydrogen-bond acceptors (Lipinski definition) is 3. The molecular weight excluding hydrogens is 501 g/mol. The summed E-state index contributed by atoms with van der Waals surface area (Å²) in [5.41, 5.74) is 1.30. The largest absolute Gasteiger partial charge is 0.491 e. The molecule has 0 bridgehead atoms. The van der Waals surface area contributed by atoms with Crippen molar-refractivity contribution >= 4 is 23.2 Å². The molecule has 3 nitrogen and oxygen atoms in total. The Morgan fingerprint density at radius 1 is 0.722 bits per heavy atom. The number of nitrogens with zero attached hydrogens (tertiary/aromatic N) is 2. The standard InChI is InChI=1S/C29H42Cl2F2N2O/c1-3-5-7-9-10-12-14-24(33)21-36-25-18-15-22(16-19-25)29-34-27(30)26(28(31)35-29)20-17-23(32)13-11-8-6-4-2/h15-16,18-19,23-24H,3-14,17,20-21H2,1-2H3/t23-,24-/m0/s1. The molecule has 0 spiro atoms. The number of alkyl halides is 2. The molecule has 0 aliphatic rings. The van der Waals surface area contributed by atoms with E-state index in [9.17, 15) is 8.78 Å². The molecule has 0 N–H and O–H groups in total. The maximum absolute atomic E-state index is 14.2. The molecule has 0 aliphatic carbocycles. The van der Waals surface area contributed by atoms with Crippen molar-refractivity contribution in [2.45, 2.75) is 116 Å². The summed E-state index contributed by atoms with van der Waals surface area (Å²) in [5, 5.41) is 0.497. The first kappa shape index (κ1) is 30.8. The fourth-order valence-electron chi connectivity index (χ4n) is 4.12. The molecule has 202 valence electrons. The first-order valence-corrected chi connectivity index (χ1v) is 14.4. The Bertz CT molecular complexity index is 844. The monoisotopic (exact) mass is 542 g/mol. The van der Waals surface area contributed by atoms with Crippen molar-refractivity contribution in [1.82, 2.24) is 9.97 Å². The number of halogens is 4. The predicted octanol–water partition coefficient (Wildman–Crippen LogP) is 10.2. The second kappa shape index (κ2) is 17.9. The lowest BCUT2D eigenvalue weighted by atomic mass is 10.0. The van der Waals surface area contributed by atoms with E-state index in [1.54, 1.807) is 24.3 Å². The lowest BCUT2D eigenvalue weighted by Gasteiger charge is -2.12. The topological polar surface area (TPSA) is 35.0 Å². The summed E-state index contributed by atoms with van der Waals surface area (Å²) >= 11 is 12.8. The van der Waals surface area contributed by atoms with Crippen LogP contribution in [0.2, 0.25) is 10.3 Å². The highest BCUT2D eigenvalue weighted by Gasteiger charge is 2.16. The van der Waals surface area contributed by atoms with Gasteiger partial charge in [-0.25, -0.2) is 18.7 Å². The fourth-order valence-corrected chi connectivity index (χ4v) is 4.70. The van der Waals surface area contributed by atoms with Crippen molar-refractivity contribution in [3.05, 3.63) is 40.1 Å². The molecule has 1 aromatic carbocycles. The molecule has 1 aromatic heterocycles.